The highest BCUT2D eigenvalue weighted by Gasteiger charge is 2.13. The maximum Gasteiger partial charge on any atom is 0.168 e. The molecule has 0 spiro atoms. The summed E-state index contributed by atoms with van der Waals surface area (Å²) in [5.41, 5.74) is 0.305. The number of fused-ring (bicyclic) bond motifs is 1. The average molecular weight is 274 g/mol. The number of pyridine rings is 1. The van der Waals surface area contributed by atoms with Gasteiger partial charge in [0.15, 0.2) is 11.6 Å². The summed E-state index contributed by atoms with van der Waals surface area (Å²) < 4.78 is 32.0. The molecular formula is C10H6BrF2NO. The van der Waals surface area contributed by atoms with Crippen LogP contribution in [0.5, 0.6) is 5.75 Å². The Morgan fingerprint density at radius 2 is 2.07 bits per heavy atom. The Balaban J connectivity index is 2.90. The molecule has 0 aliphatic rings. The lowest BCUT2D eigenvalue weighted by atomic mass is 10.2. The number of rotatable bonds is 1. The second-order valence-corrected chi connectivity index (χ2v) is 3.84. The monoisotopic (exact) mass is 273 g/mol. The molecule has 78 valence electrons. The second kappa shape index (κ2) is 3.73. The lowest BCUT2D eigenvalue weighted by Gasteiger charge is -2.06. The van der Waals surface area contributed by atoms with Crippen LogP contribution in [-0.4, -0.2) is 12.1 Å². The molecule has 0 fully saturated rings. The van der Waals surface area contributed by atoms with E-state index < -0.39 is 11.6 Å². The number of aromatic nitrogens is 1. The summed E-state index contributed by atoms with van der Waals surface area (Å²) in [6, 6.07) is 2.45. The standard InChI is InChI=1S/C10H6BrF2NO/c1-15-8-3-7(12)9(13)6-2-5(11)4-14-10(6)8/h2-4H,1H3. The Bertz CT molecular complexity index is 530. The third kappa shape index (κ3) is 1.67. The van der Waals surface area contributed by atoms with E-state index >= 15 is 0 Å². The molecule has 0 atom stereocenters. The van der Waals surface area contributed by atoms with E-state index in [2.05, 4.69) is 20.9 Å². The van der Waals surface area contributed by atoms with E-state index in [0.29, 0.717) is 9.99 Å². The highest BCUT2D eigenvalue weighted by Crippen LogP contribution is 2.29. The number of halogens is 3. The molecule has 0 saturated carbocycles. The minimum Gasteiger partial charge on any atom is -0.494 e. The van der Waals surface area contributed by atoms with E-state index in [-0.39, 0.29) is 11.1 Å². The molecule has 5 heteroatoms. The van der Waals surface area contributed by atoms with Crippen LogP contribution in [0.2, 0.25) is 0 Å². The van der Waals surface area contributed by atoms with Crippen molar-refractivity contribution in [3.8, 4) is 5.75 Å². The Hall–Kier alpha value is -1.23. The molecule has 0 saturated heterocycles. The van der Waals surface area contributed by atoms with Crippen molar-refractivity contribution in [3.63, 3.8) is 0 Å². The molecule has 1 aromatic carbocycles. The van der Waals surface area contributed by atoms with Gasteiger partial charge in [0, 0.05) is 22.1 Å². The molecule has 15 heavy (non-hydrogen) atoms. The SMILES string of the molecule is COc1cc(F)c(F)c2cc(Br)cnc12. The Morgan fingerprint density at radius 1 is 1.33 bits per heavy atom. The fraction of sp³-hybridized carbons (Fsp3) is 0.100. The topological polar surface area (TPSA) is 22.1 Å². The fourth-order valence-corrected chi connectivity index (χ4v) is 1.67. The summed E-state index contributed by atoms with van der Waals surface area (Å²) in [6.45, 7) is 0. The van der Waals surface area contributed by atoms with Gasteiger partial charge in [0.1, 0.15) is 11.3 Å². The van der Waals surface area contributed by atoms with Crippen LogP contribution in [0, 0.1) is 11.6 Å². The van der Waals surface area contributed by atoms with Crippen molar-refractivity contribution in [1.82, 2.24) is 4.98 Å². The molecule has 0 aliphatic heterocycles. The van der Waals surface area contributed by atoms with Gasteiger partial charge in [0.2, 0.25) is 0 Å². The highest BCUT2D eigenvalue weighted by atomic mass is 79.9. The third-order valence-electron chi connectivity index (χ3n) is 2.01. The zero-order valence-corrected chi connectivity index (χ0v) is 9.31. The molecule has 2 aromatic rings. The van der Waals surface area contributed by atoms with Gasteiger partial charge in [-0.2, -0.15) is 0 Å². The molecule has 0 N–H and O–H groups in total. The maximum absolute atomic E-state index is 13.4. The number of nitrogens with zero attached hydrogens (tertiary/aromatic N) is 1. The molecule has 0 amide bonds. The minimum atomic E-state index is -0.945. The van der Waals surface area contributed by atoms with Crippen LogP contribution in [0.3, 0.4) is 0 Å². The van der Waals surface area contributed by atoms with E-state index in [1.165, 1.54) is 19.4 Å². The van der Waals surface area contributed by atoms with Gasteiger partial charge in [-0.05, 0) is 22.0 Å². The Labute approximate surface area is 93.0 Å². The van der Waals surface area contributed by atoms with Gasteiger partial charge in [0.25, 0.3) is 0 Å². The van der Waals surface area contributed by atoms with Gasteiger partial charge >= 0.3 is 0 Å². The lowest BCUT2D eigenvalue weighted by molar-refractivity contribution is 0.412. The van der Waals surface area contributed by atoms with E-state index in [1.54, 1.807) is 0 Å². The van der Waals surface area contributed by atoms with E-state index in [1.807, 2.05) is 0 Å². The molecule has 0 radical (unpaired) electrons. The zero-order valence-electron chi connectivity index (χ0n) is 7.72. The third-order valence-corrected chi connectivity index (χ3v) is 2.45. The first-order chi connectivity index (χ1) is 7.13. The highest BCUT2D eigenvalue weighted by molar-refractivity contribution is 9.10. The van der Waals surface area contributed by atoms with Crippen LogP contribution >= 0.6 is 15.9 Å². The van der Waals surface area contributed by atoms with Crippen LogP contribution in [-0.2, 0) is 0 Å². The lowest BCUT2D eigenvalue weighted by Crippen LogP contribution is -1.94. The minimum absolute atomic E-state index is 0.0984. The molecule has 2 nitrogen and oxygen atoms in total. The van der Waals surface area contributed by atoms with Crippen LogP contribution in [0.1, 0.15) is 0 Å². The first-order valence-corrected chi connectivity index (χ1v) is 4.90. The zero-order chi connectivity index (χ0) is 11.0. The molecule has 0 aliphatic carbocycles. The summed E-state index contributed by atoms with van der Waals surface area (Å²) in [4.78, 5) is 3.97. The van der Waals surface area contributed by atoms with Gasteiger partial charge < -0.3 is 4.74 Å². The second-order valence-electron chi connectivity index (χ2n) is 2.92. The number of methoxy groups -OCH3 is 1. The van der Waals surface area contributed by atoms with Gasteiger partial charge in [-0.1, -0.05) is 0 Å². The molecule has 2 rings (SSSR count). The number of benzene rings is 1. The van der Waals surface area contributed by atoms with Crippen molar-refractivity contribution in [2.45, 2.75) is 0 Å². The van der Waals surface area contributed by atoms with Gasteiger partial charge in [-0.15, -0.1) is 0 Å². The first kappa shape index (κ1) is 10.3. The quantitative estimate of drug-likeness (QED) is 0.796. The number of hydrogen-bond acceptors (Lipinski definition) is 2. The summed E-state index contributed by atoms with van der Waals surface area (Å²) in [6.07, 6.45) is 1.50. The summed E-state index contributed by atoms with van der Waals surface area (Å²) in [7, 11) is 1.38. The number of ether oxygens (including phenoxy) is 1. The smallest absolute Gasteiger partial charge is 0.168 e. The van der Waals surface area contributed by atoms with Crippen molar-refractivity contribution in [3.05, 3.63) is 34.4 Å². The Morgan fingerprint density at radius 3 is 2.73 bits per heavy atom. The van der Waals surface area contributed by atoms with Gasteiger partial charge in [0.05, 0.1) is 7.11 Å². The fourth-order valence-electron chi connectivity index (χ4n) is 1.33. The predicted molar refractivity (Wildman–Crippen MR) is 55.9 cm³/mol. The predicted octanol–water partition coefficient (Wildman–Crippen LogP) is 3.28. The van der Waals surface area contributed by atoms with Crippen LogP contribution in [0.25, 0.3) is 10.9 Å². The van der Waals surface area contributed by atoms with Crippen LogP contribution < -0.4 is 4.74 Å². The largest absolute Gasteiger partial charge is 0.494 e. The molecule has 1 aromatic heterocycles. The van der Waals surface area contributed by atoms with Crippen molar-refractivity contribution in [1.29, 1.82) is 0 Å². The molecule has 0 unspecified atom stereocenters. The van der Waals surface area contributed by atoms with E-state index in [4.69, 9.17) is 4.74 Å². The van der Waals surface area contributed by atoms with Crippen molar-refractivity contribution in [2.75, 3.05) is 7.11 Å². The van der Waals surface area contributed by atoms with Crippen LogP contribution in [0.4, 0.5) is 8.78 Å². The molecular weight excluding hydrogens is 268 g/mol. The van der Waals surface area contributed by atoms with Crippen molar-refractivity contribution >= 4 is 26.8 Å². The molecule has 0 bridgehead atoms. The van der Waals surface area contributed by atoms with Gasteiger partial charge in [-0.3, -0.25) is 4.98 Å². The first-order valence-electron chi connectivity index (χ1n) is 4.10. The average Bonchev–Trinajstić information content (AvgIpc) is 2.23. The summed E-state index contributed by atoms with van der Waals surface area (Å²) in [5.74, 6) is -1.64. The maximum atomic E-state index is 13.4. The van der Waals surface area contributed by atoms with E-state index in [0.717, 1.165) is 6.07 Å². The number of hydrogen-bond donors (Lipinski definition) is 0. The summed E-state index contributed by atoms with van der Waals surface area (Å²) >= 11 is 3.15. The normalized spacial score (nSPS) is 10.7. The van der Waals surface area contributed by atoms with E-state index in [9.17, 15) is 8.78 Å². The van der Waals surface area contributed by atoms with Crippen molar-refractivity contribution in [2.24, 2.45) is 0 Å². The molecule has 1 heterocycles. The summed E-state index contributed by atoms with van der Waals surface area (Å²) in [5, 5.41) is 0.0984. The van der Waals surface area contributed by atoms with Crippen molar-refractivity contribution < 1.29 is 13.5 Å². The Kier molecular flexibility index (Phi) is 2.56. The van der Waals surface area contributed by atoms with Crippen LogP contribution in [0.15, 0.2) is 22.8 Å². The van der Waals surface area contributed by atoms with Gasteiger partial charge in [-0.25, -0.2) is 8.78 Å².